The van der Waals surface area contributed by atoms with Crippen molar-refractivity contribution in [2.75, 3.05) is 0 Å². The van der Waals surface area contributed by atoms with Crippen LogP contribution in [0.15, 0.2) is 54.6 Å². The summed E-state index contributed by atoms with van der Waals surface area (Å²) in [5, 5.41) is 15.3. The molecule has 0 aliphatic heterocycles. The lowest BCUT2D eigenvalue weighted by Gasteiger charge is -2.36. The molecule has 0 amide bonds. The topological polar surface area (TPSA) is 32.3 Å². The Bertz CT molecular complexity index is 717. The Labute approximate surface area is 148 Å². The number of hydrogen-bond donors (Lipinski definition) is 2. The molecule has 1 fully saturated rings. The fraction of sp³-hybridized carbons (Fsp3) is 0.333. The van der Waals surface area contributed by atoms with Gasteiger partial charge in [0.1, 0.15) is 5.60 Å². The van der Waals surface area contributed by atoms with Crippen LogP contribution in [0.2, 0.25) is 5.02 Å². The second-order valence-electron chi connectivity index (χ2n) is 6.35. The molecule has 0 unspecified atom stereocenters. The van der Waals surface area contributed by atoms with Crippen molar-refractivity contribution >= 4 is 11.6 Å². The highest BCUT2D eigenvalue weighted by molar-refractivity contribution is 6.30. The largest absolute Gasteiger partial charge is 0.376 e. The first-order valence-corrected chi connectivity index (χ1v) is 8.82. The molecule has 24 heavy (non-hydrogen) atoms. The van der Waals surface area contributed by atoms with Crippen LogP contribution in [-0.2, 0) is 6.54 Å². The van der Waals surface area contributed by atoms with Crippen LogP contribution in [0.25, 0.3) is 0 Å². The number of benzene rings is 2. The molecule has 2 aromatic rings. The van der Waals surface area contributed by atoms with Crippen LogP contribution < -0.4 is 5.32 Å². The fourth-order valence-electron chi connectivity index (χ4n) is 3.13. The van der Waals surface area contributed by atoms with Gasteiger partial charge in [0.25, 0.3) is 0 Å². The molecule has 3 rings (SSSR count). The first kappa shape index (κ1) is 17.0. The summed E-state index contributed by atoms with van der Waals surface area (Å²) < 4.78 is 0. The van der Waals surface area contributed by atoms with E-state index in [4.69, 9.17) is 11.6 Å². The van der Waals surface area contributed by atoms with E-state index >= 15 is 0 Å². The number of halogens is 1. The van der Waals surface area contributed by atoms with E-state index in [0.29, 0.717) is 11.4 Å². The van der Waals surface area contributed by atoms with E-state index in [1.807, 2.05) is 42.5 Å². The highest BCUT2D eigenvalue weighted by atomic mass is 35.5. The molecule has 3 heteroatoms. The third-order valence-electron chi connectivity index (χ3n) is 4.54. The van der Waals surface area contributed by atoms with Gasteiger partial charge in [-0.25, -0.2) is 0 Å². The number of aliphatic hydroxyl groups is 1. The van der Waals surface area contributed by atoms with Gasteiger partial charge < -0.3 is 10.4 Å². The van der Waals surface area contributed by atoms with Gasteiger partial charge in [0.2, 0.25) is 0 Å². The summed E-state index contributed by atoms with van der Waals surface area (Å²) in [4.78, 5) is 0. The Morgan fingerprint density at radius 2 is 1.83 bits per heavy atom. The molecule has 0 aromatic heterocycles. The molecule has 1 aliphatic carbocycles. The Balaban J connectivity index is 1.71. The quantitative estimate of drug-likeness (QED) is 0.823. The van der Waals surface area contributed by atoms with Gasteiger partial charge >= 0.3 is 0 Å². The van der Waals surface area contributed by atoms with Crippen molar-refractivity contribution in [2.24, 2.45) is 0 Å². The lowest BCUT2D eigenvalue weighted by Crippen LogP contribution is -2.51. The summed E-state index contributed by atoms with van der Waals surface area (Å²) >= 11 is 5.90. The van der Waals surface area contributed by atoms with Crippen molar-refractivity contribution in [3.63, 3.8) is 0 Å². The molecule has 0 bridgehead atoms. The van der Waals surface area contributed by atoms with E-state index in [-0.39, 0.29) is 6.04 Å². The highest BCUT2D eigenvalue weighted by Crippen LogP contribution is 2.28. The van der Waals surface area contributed by atoms with Crippen LogP contribution in [0.4, 0.5) is 0 Å². The van der Waals surface area contributed by atoms with Crippen molar-refractivity contribution in [3.05, 3.63) is 70.7 Å². The van der Waals surface area contributed by atoms with Crippen LogP contribution in [0.5, 0.6) is 0 Å². The molecule has 2 aromatic carbocycles. The molecule has 0 radical (unpaired) electrons. The van der Waals surface area contributed by atoms with Crippen molar-refractivity contribution in [2.45, 2.75) is 43.9 Å². The van der Waals surface area contributed by atoms with Crippen molar-refractivity contribution < 1.29 is 5.11 Å². The van der Waals surface area contributed by atoms with Gasteiger partial charge in [0.15, 0.2) is 0 Å². The van der Waals surface area contributed by atoms with Gasteiger partial charge in [-0.3, -0.25) is 0 Å². The van der Waals surface area contributed by atoms with Crippen LogP contribution in [0.3, 0.4) is 0 Å². The average molecular weight is 340 g/mol. The van der Waals surface area contributed by atoms with E-state index in [1.165, 1.54) is 5.56 Å². The fourth-order valence-corrected chi connectivity index (χ4v) is 3.25. The van der Waals surface area contributed by atoms with E-state index in [9.17, 15) is 5.11 Å². The first-order chi connectivity index (χ1) is 11.7. The minimum Gasteiger partial charge on any atom is -0.376 e. The zero-order valence-electron chi connectivity index (χ0n) is 13.6. The van der Waals surface area contributed by atoms with Crippen LogP contribution in [0, 0.1) is 11.8 Å². The maximum Gasteiger partial charge on any atom is 0.141 e. The molecule has 0 saturated heterocycles. The maximum absolute atomic E-state index is 11.1. The molecular formula is C21H22ClNO. The molecule has 1 saturated carbocycles. The third-order valence-corrected chi connectivity index (χ3v) is 4.79. The van der Waals surface area contributed by atoms with Crippen LogP contribution in [0.1, 0.15) is 36.8 Å². The van der Waals surface area contributed by atoms with Crippen molar-refractivity contribution in [1.29, 1.82) is 0 Å². The van der Waals surface area contributed by atoms with Crippen LogP contribution in [-0.4, -0.2) is 16.7 Å². The summed E-state index contributed by atoms with van der Waals surface area (Å²) in [5.74, 6) is 6.23. The molecule has 0 heterocycles. The predicted octanol–water partition coefficient (Wildman–Crippen LogP) is 4.16. The van der Waals surface area contributed by atoms with E-state index < -0.39 is 5.60 Å². The lowest BCUT2D eigenvalue weighted by atomic mass is 9.80. The highest BCUT2D eigenvalue weighted by Gasteiger charge is 2.37. The summed E-state index contributed by atoms with van der Waals surface area (Å²) in [6.07, 6.45) is 3.78. The standard InChI is InChI=1S/C21H22ClNO/c22-19-11-9-17(10-12-19)13-15-21(24)14-5-4-8-20(21)23-16-18-6-2-1-3-7-18/h1-3,6-7,9-12,20,23-24H,4-5,8,14,16H2/t20-,21+/m0/s1. The molecule has 2 nitrogen and oxygen atoms in total. The zero-order chi connectivity index (χ0) is 16.8. The van der Waals surface area contributed by atoms with Crippen molar-refractivity contribution in [3.8, 4) is 11.8 Å². The predicted molar refractivity (Wildman–Crippen MR) is 98.8 cm³/mol. The minimum atomic E-state index is -0.979. The van der Waals surface area contributed by atoms with Gasteiger partial charge in [0.05, 0.1) is 0 Å². The van der Waals surface area contributed by atoms with Gasteiger partial charge in [-0.05, 0) is 49.1 Å². The second kappa shape index (κ2) is 7.85. The molecule has 2 N–H and O–H groups in total. The van der Waals surface area contributed by atoms with Gasteiger partial charge in [-0.1, -0.05) is 60.2 Å². The molecule has 1 aliphatic rings. The zero-order valence-corrected chi connectivity index (χ0v) is 14.4. The molecule has 2 atom stereocenters. The lowest BCUT2D eigenvalue weighted by molar-refractivity contribution is 0.0254. The summed E-state index contributed by atoms with van der Waals surface area (Å²) in [5.41, 5.74) is 1.11. The Morgan fingerprint density at radius 3 is 2.58 bits per heavy atom. The molecule has 0 spiro atoms. The van der Waals surface area contributed by atoms with Gasteiger partial charge in [-0.15, -0.1) is 0 Å². The Kier molecular flexibility index (Phi) is 5.58. The summed E-state index contributed by atoms with van der Waals surface area (Å²) in [6.45, 7) is 0.746. The van der Waals surface area contributed by atoms with E-state index in [2.05, 4.69) is 29.3 Å². The number of hydrogen-bond acceptors (Lipinski definition) is 2. The van der Waals surface area contributed by atoms with E-state index in [1.54, 1.807) is 0 Å². The smallest absolute Gasteiger partial charge is 0.141 e. The van der Waals surface area contributed by atoms with Crippen molar-refractivity contribution in [1.82, 2.24) is 5.32 Å². The Morgan fingerprint density at radius 1 is 1.08 bits per heavy atom. The van der Waals surface area contributed by atoms with Gasteiger partial charge in [0, 0.05) is 23.2 Å². The first-order valence-electron chi connectivity index (χ1n) is 8.44. The second-order valence-corrected chi connectivity index (χ2v) is 6.78. The maximum atomic E-state index is 11.1. The third kappa shape index (κ3) is 4.39. The van der Waals surface area contributed by atoms with Crippen LogP contribution >= 0.6 is 11.6 Å². The number of nitrogens with one attached hydrogen (secondary N) is 1. The summed E-state index contributed by atoms with van der Waals surface area (Å²) in [7, 11) is 0. The van der Waals surface area contributed by atoms with Gasteiger partial charge in [-0.2, -0.15) is 0 Å². The molecular weight excluding hydrogens is 318 g/mol. The normalized spacial score (nSPS) is 23.3. The monoisotopic (exact) mass is 339 g/mol. The summed E-state index contributed by atoms with van der Waals surface area (Å²) in [6, 6.07) is 17.7. The Hall–Kier alpha value is -1.79. The molecule has 124 valence electrons. The SMILES string of the molecule is O[C@@]1(C#Cc2ccc(Cl)cc2)CCCC[C@@H]1NCc1ccccc1. The number of rotatable bonds is 3. The average Bonchev–Trinajstić information content (AvgIpc) is 2.61. The minimum absolute atomic E-state index is 0.00810. The van der Waals surface area contributed by atoms with E-state index in [0.717, 1.165) is 31.4 Å².